The normalized spacial score (nSPS) is 10.5. The average Bonchev–Trinajstić information content (AvgIpc) is 2.37. The Balaban J connectivity index is 2.22. The van der Waals surface area contributed by atoms with Gasteiger partial charge < -0.3 is 0 Å². The largest absolute Gasteiger partial charge is 0.275 e. The molecule has 0 aliphatic carbocycles. The Kier molecular flexibility index (Phi) is 3.35. The highest BCUT2D eigenvalue weighted by atomic mass is 16.7. The molecular weight excluding hydrogens is 216 g/mol. The molecule has 0 spiro atoms. The molecule has 17 heavy (non-hydrogen) atoms. The van der Waals surface area contributed by atoms with Gasteiger partial charge in [0, 0.05) is 18.6 Å². The number of hydroxylamine groups is 2. The van der Waals surface area contributed by atoms with Crippen molar-refractivity contribution in [1.29, 1.82) is 0 Å². The van der Waals surface area contributed by atoms with E-state index in [-0.39, 0.29) is 12.3 Å². The van der Waals surface area contributed by atoms with E-state index in [2.05, 4.69) is 4.98 Å². The molecule has 4 heteroatoms. The second-order valence-electron chi connectivity index (χ2n) is 3.77. The number of benzene rings is 1. The molecule has 88 valence electrons. The first-order chi connectivity index (χ1) is 8.20. The summed E-state index contributed by atoms with van der Waals surface area (Å²) in [7, 11) is 3.05. The van der Waals surface area contributed by atoms with Gasteiger partial charge in [-0.15, -0.1) is 0 Å². The average molecular weight is 230 g/mol. The minimum Gasteiger partial charge on any atom is -0.275 e. The van der Waals surface area contributed by atoms with Crippen molar-refractivity contribution in [2.45, 2.75) is 6.42 Å². The monoisotopic (exact) mass is 230 g/mol. The van der Waals surface area contributed by atoms with Crippen LogP contribution in [0.1, 0.15) is 5.69 Å². The van der Waals surface area contributed by atoms with Crippen molar-refractivity contribution >= 4 is 16.7 Å². The maximum absolute atomic E-state index is 11.6. The van der Waals surface area contributed by atoms with Crippen LogP contribution in [0.3, 0.4) is 0 Å². The van der Waals surface area contributed by atoms with Crippen LogP contribution in [0.4, 0.5) is 0 Å². The maximum Gasteiger partial charge on any atom is 0.251 e. The topological polar surface area (TPSA) is 42.4 Å². The van der Waals surface area contributed by atoms with Gasteiger partial charge in [-0.05, 0) is 11.5 Å². The summed E-state index contributed by atoms with van der Waals surface area (Å²) in [6.45, 7) is 0. The Morgan fingerprint density at radius 1 is 1.35 bits per heavy atom. The van der Waals surface area contributed by atoms with Crippen LogP contribution >= 0.6 is 0 Å². The van der Waals surface area contributed by atoms with Crippen molar-refractivity contribution in [3.05, 3.63) is 42.2 Å². The highest BCUT2D eigenvalue weighted by Gasteiger charge is 2.10. The summed E-state index contributed by atoms with van der Waals surface area (Å²) in [6.07, 6.45) is 2.03. The summed E-state index contributed by atoms with van der Waals surface area (Å²) in [5, 5.41) is 3.37. The zero-order valence-electron chi connectivity index (χ0n) is 9.88. The van der Waals surface area contributed by atoms with E-state index in [0.717, 1.165) is 16.5 Å². The van der Waals surface area contributed by atoms with Gasteiger partial charge in [0.25, 0.3) is 5.91 Å². The fourth-order valence-corrected chi connectivity index (χ4v) is 1.59. The van der Waals surface area contributed by atoms with Gasteiger partial charge in [0.2, 0.25) is 0 Å². The van der Waals surface area contributed by atoms with E-state index in [1.165, 1.54) is 12.2 Å². The number of carbonyl (C=O) groups excluding carboxylic acids is 1. The summed E-state index contributed by atoms with van der Waals surface area (Å²) in [6, 6.07) is 9.86. The fraction of sp³-hybridized carbons (Fsp3) is 0.231. The number of pyridine rings is 1. The molecule has 2 rings (SSSR count). The van der Waals surface area contributed by atoms with Crippen LogP contribution in [0, 0.1) is 0 Å². The van der Waals surface area contributed by atoms with Crippen LogP contribution in [0.15, 0.2) is 36.5 Å². The summed E-state index contributed by atoms with van der Waals surface area (Å²) < 4.78 is 0. The Labute approximate surface area is 99.8 Å². The molecule has 1 heterocycles. The van der Waals surface area contributed by atoms with Crippen molar-refractivity contribution < 1.29 is 9.63 Å². The first kappa shape index (κ1) is 11.5. The summed E-state index contributed by atoms with van der Waals surface area (Å²) in [5.41, 5.74) is 0.748. The molecule has 0 saturated carbocycles. The van der Waals surface area contributed by atoms with Crippen molar-refractivity contribution in [2.75, 3.05) is 14.2 Å². The van der Waals surface area contributed by atoms with Gasteiger partial charge in [-0.3, -0.25) is 14.6 Å². The van der Waals surface area contributed by atoms with E-state index in [1.54, 1.807) is 13.2 Å². The number of aromatic nitrogens is 1. The number of hydrogen-bond acceptors (Lipinski definition) is 3. The standard InChI is InChI=1S/C13H14N2O2/c1-15(17-2)13(16)8-12-7-10-5-3-4-6-11(10)9-14-12/h3-7,9H,8H2,1-2H3. The van der Waals surface area contributed by atoms with Gasteiger partial charge in [0.15, 0.2) is 0 Å². The number of nitrogens with zero attached hydrogens (tertiary/aromatic N) is 2. The predicted molar refractivity (Wildman–Crippen MR) is 65.2 cm³/mol. The number of amides is 1. The molecule has 1 aromatic carbocycles. The molecule has 0 fully saturated rings. The van der Waals surface area contributed by atoms with Gasteiger partial charge in [-0.1, -0.05) is 24.3 Å². The number of rotatable bonds is 3. The molecule has 0 N–H and O–H groups in total. The van der Waals surface area contributed by atoms with Crippen molar-refractivity contribution in [3.8, 4) is 0 Å². The molecular formula is C13H14N2O2. The van der Waals surface area contributed by atoms with Crippen LogP contribution in [0.5, 0.6) is 0 Å². The molecule has 0 atom stereocenters. The smallest absolute Gasteiger partial charge is 0.251 e. The van der Waals surface area contributed by atoms with E-state index < -0.39 is 0 Å². The molecule has 0 aliphatic rings. The molecule has 0 aliphatic heterocycles. The lowest BCUT2D eigenvalue weighted by molar-refractivity contribution is -0.167. The molecule has 2 aromatic rings. The SMILES string of the molecule is CON(C)C(=O)Cc1cc2ccccc2cn1. The van der Waals surface area contributed by atoms with Gasteiger partial charge in [0.1, 0.15) is 0 Å². The molecule has 0 saturated heterocycles. The highest BCUT2D eigenvalue weighted by molar-refractivity contribution is 5.83. The van der Waals surface area contributed by atoms with Crippen LogP contribution in [0.2, 0.25) is 0 Å². The molecule has 0 unspecified atom stereocenters. The van der Waals surface area contributed by atoms with E-state index in [0.29, 0.717) is 0 Å². The Bertz CT molecular complexity index is 540. The third-order valence-corrected chi connectivity index (χ3v) is 2.65. The molecule has 0 bridgehead atoms. The van der Waals surface area contributed by atoms with Crippen LogP contribution in [0.25, 0.3) is 10.8 Å². The van der Waals surface area contributed by atoms with Gasteiger partial charge >= 0.3 is 0 Å². The zero-order chi connectivity index (χ0) is 12.3. The summed E-state index contributed by atoms with van der Waals surface area (Å²) >= 11 is 0. The van der Waals surface area contributed by atoms with Crippen LogP contribution in [-0.4, -0.2) is 30.1 Å². The minimum atomic E-state index is -0.115. The lowest BCUT2D eigenvalue weighted by atomic mass is 10.1. The fourth-order valence-electron chi connectivity index (χ4n) is 1.59. The Morgan fingerprint density at radius 3 is 2.76 bits per heavy atom. The first-order valence-corrected chi connectivity index (χ1v) is 5.35. The van der Waals surface area contributed by atoms with Gasteiger partial charge in [-0.2, -0.15) is 0 Å². The summed E-state index contributed by atoms with van der Waals surface area (Å²) in [4.78, 5) is 20.7. The predicted octanol–water partition coefficient (Wildman–Crippen LogP) is 1.80. The number of fused-ring (bicyclic) bond motifs is 1. The Morgan fingerprint density at radius 2 is 2.06 bits per heavy atom. The molecule has 1 amide bonds. The lowest BCUT2D eigenvalue weighted by Gasteiger charge is -2.13. The molecule has 4 nitrogen and oxygen atoms in total. The van der Waals surface area contributed by atoms with Gasteiger partial charge in [0.05, 0.1) is 19.2 Å². The zero-order valence-corrected chi connectivity index (χ0v) is 9.88. The van der Waals surface area contributed by atoms with Gasteiger partial charge in [-0.25, -0.2) is 5.06 Å². The van der Waals surface area contributed by atoms with E-state index in [9.17, 15) is 4.79 Å². The van der Waals surface area contributed by atoms with Crippen molar-refractivity contribution in [2.24, 2.45) is 0 Å². The highest BCUT2D eigenvalue weighted by Crippen LogP contribution is 2.13. The number of likely N-dealkylation sites (N-methyl/N-ethyl adjacent to an activating group) is 1. The van der Waals surface area contributed by atoms with E-state index in [4.69, 9.17) is 4.84 Å². The molecule has 0 radical (unpaired) electrons. The second-order valence-corrected chi connectivity index (χ2v) is 3.77. The van der Waals surface area contributed by atoms with Crippen molar-refractivity contribution in [1.82, 2.24) is 10.0 Å². The third-order valence-electron chi connectivity index (χ3n) is 2.65. The first-order valence-electron chi connectivity index (χ1n) is 5.35. The van der Waals surface area contributed by atoms with Crippen LogP contribution in [-0.2, 0) is 16.1 Å². The maximum atomic E-state index is 11.6. The minimum absolute atomic E-state index is 0.115. The third kappa shape index (κ3) is 2.60. The number of hydrogen-bond donors (Lipinski definition) is 0. The Hall–Kier alpha value is -1.94. The second kappa shape index (κ2) is 4.93. The van der Waals surface area contributed by atoms with Crippen molar-refractivity contribution in [3.63, 3.8) is 0 Å². The van der Waals surface area contributed by atoms with E-state index >= 15 is 0 Å². The lowest BCUT2D eigenvalue weighted by Crippen LogP contribution is -2.27. The van der Waals surface area contributed by atoms with Crippen LogP contribution < -0.4 is 0 Å². The number of carbonyl (C=O) groups is 1. The quantitative estimate of drug-likeness (QED) is 0.755. The molecule has 1 aromatic heterocycles. The summed E-state index contributed by atoms with van der Waals surface area (Å²) in [5.74, 6) is -0.115. The van der Waals surface area contributed by atoms with E-state index in [1.807, 2.05) is 30.3 Å².